The van der Waals surface area contributed by atoms with Crippen LogP contribution < -0.4 is 5.32 Å². The molecule has 0 radical (unpaired) electrons. The van der Waals surface area contributed by atoms with Gasteiger partial charge in [0.2, 0.25) is 5.91 Å². The van der Waals surface area contributed by atoms with E-state index in [9.17, 15) is 4.79 Å². The highest BCUT2D eigenvalue weighted by Crippen LogP contribution is 2.27. The summed E-state index contributed by atoms with van der Waals surface area (Å²) in [4.78, 5) is 17.9. The molecule has 1 N–H and O–H groups in total. The molecule has 2 heterocycles. The summed E-state index contributed by atoms with van der Waals surface area (Å²) in [5.74, 6) is -0.0150. The Morgan fingerprint density at radius 3 is 2.77 bits per heavy atom. The van der Waals surface area contributed by atoms with Gasteiger partial charge in [-0.1, -0.05) is 24.3 Å². The number of imidazole rings is 1. The van der Waals surface area contributed by atoms with Crippen LogP contribution in [0.5, 0.6) is 0 Å². The molecular formula is C21H22N4O. The van der Waals surface area contributed by atoms with Gasteiger partial charge in [0.05, 0.1) is 6.33 Å². The lowest BCUT2D eigenvalue weighted by Crippen LogP contribution is -2.30. The quantitative estimate of drug-likeness (QED) is 0.788. The highest BCUT2D eigenvalue weighted by Gasteiger charge is 2.19. The molecule has 0 fully saturated rings. The van der Waals surface area contributed by atoms with Gasteiger partial charge in [-0.15, -0.1) is 0 Å². The topological polar surface area (TPSA) is 50.2 Å². The zero-order valence-electron chi connectivity index (χ0n) is 14.9. The highest BCUT2D eigenvalue weighted by atomic mass is 16.1. The third-order valence-electron chi connectivity index (χ3n) is 4.80. The average molecular weight is 346 g/mol. The zero-order valence-corrected chi connectivity index (χ0v) is 14.9. The lowest BCUT2D eigenvalue weighted by Gasteiger charge is -2.30. The van der Waals surface area contributed by atoms with Crippen LogP contribution in [0.4, 0.5) is 5.69 Å². The molecule has 0 spiro atoms. The van der Waals surface area contributed by atoms with E-state index < -0.39 is 0 Å². The molecule has 1 aliphatic heterocycles. The number of hydrogen-bond acceptors (Lipinski definition) is 3. The Morgan fingerprint density at radius 1 is 1.19 bits per heavy atom. The van der Waals surface area contributed by atoms with E-state index in [4.69, 9.17) is 0 Å². The van der Waals surface area contributed by atoms with Crippen molar-refractivity contribution in [2.45, 2.75) is 26.4 Å². The molecule has 26 heavy (non-hydrogen) atoms. The minimum atomic E-state index is -0.0150. The van der Waals surface area contributed by atoms with E-state index in [1.807, 2.05) is 29.2 Å². The van der Waals surface area contributed by atoms with Crippen molar-refractivity contribution in [1.29, 1.82) is 0 Å². The van der Waals surface area contributed by atoms with Crippen molar-refractivity contribution in [3.05, 3.63) is 77.9 Å². The van der Waals surface area contributed by atoms with E-state index >= 15 is 0 Å². The number of rotatable bonds is 4. The molecule has 0 bridgehead atoms. The molecule has 5 nitrogen and oxygen atoms in total. The molecule has 0 saturated heterocycles. The second-order valence-corrected chi connectivity index (χ2v) is 6.72. The first-order valence-corrected chi connectivity index (χ1v) is 8.87. The summed E-state index contributed by atoms with van der Waals surface area (Å²) >= 11 is 0. The van der Waals surface area contributed by atoms with Crippen LogP contribution in [-0.2, 0) is 24.3 Å². The molecule has 132 valence electrons. The average Bonchev–Trinajstić information content (AvgIpc) is 3.17. The van der Waals surface area contributed by atoms with E-state index in [0.717, 1.165) is 37.4 Å². The zero-order chi connectivity index (χ0) is 17.9. The maximum Gasteiger partial charge on any atom is 0.221 e. The van der Waals surface area contributed by atoms with Crippen molar-refractivity contribution < 1.29 is 4.79 Å². The smallest absolute Gasteiger partial charge is 0.221 e. The maximum atomic E-state index is 11.4. The van der Waals surface area contributed by atoms with Crippen LogP contribution in [0.15, 0.2) is 61.2 Å². The largest absolute Gasteiger partial charge is 0.326 e. The van der Waals surface area contributed by atoms with Crippen molar-refractivity contribution in [3.63, 3.8) is 0 Å². The summed E-state index contributed by atoms with van der Waals surface area (Å²) in [5.41, 5.74) is 5.96. The van der Waals surface area contributed by atoms with Crippen LogP contribution >= 0.6 is 0 Å². The summed E-state index contributed by atoms with van der Waals surface area (Å²) in [5, 5.41) is 2.95. The van der Waals surface area contributed by atoms with Crippen molar-refractivity contribution >= 4 is 11.6 Å². The Bertz CT molecular complexity index is 900. The van der Waals surface area contributed by atoms with Gasteiger partial charge in [-0.3, -0.25) is 9.69 Å². The van der Waals surface area contributed by atoms with Gasteiger partial charge in [0.1, 0.15) is 0 Å². The molecule has 5 heteroatoms. The lowest BCUT2D eigenvalue weighted by molar-refractivity contribution is -0.114. The maximum absolute atomic E-state index is 11.4. The monoisotopic (exact) mass is 346 g/mol. The van der Waals surface area contributed by atoms with Gasteiger partial charge >= 0.3 is 0 Å². The molecule has 0 aliphatic carbocycles. The normalized spacial score (nSPS) is 14.0. The fourth-order valence-corrected chi connectivity index (χ4v) is 3.55. The van der Waals surface area contributed by atoms with Crippen LogP contribution in [-0.4, -0.2) is 26.9 Å². The van der Waals surface area contributed by atoms with Crippen LogP contribution in [0.3, 0.4) is 0 Å². The van der Waals surface area contributed by atoms with Crippen molar-refractivity contribution in [2.75, 3.05) is 11.9 Å². The van der Waals surface area contributed by atoms with E-state index in [1.54, 1.807) is 13.1 Å². The first-order valence-electron chi connectivity index (χ1n) is 8.87. The molecule has 1 aliphatic rings. The van der Waals surface area contributed by atoms with Gasteiger partial charge < -0.3 is 9.88 Å². The SMILES string of the molecule is CC(=O)Nc1cccc2c1CCN(Cc1ccc(-n3ccnc3)cc1)C2. The number of carbonyl (C=O) groups is 1. The first-order chi connectivity index (χ1) is 12.7. The second-order valence-electron chi connectivity index (χ2n) is 6.72. The molecular weight excluding hydrogens is 324 g/mol. The van der Waals surface area contributed by atoms with Gasteiger partial charge in [-0.05, 0) is 41.3 Å². The third kappa shape index (κ3) is 3.53. The van der Waals surface area contributed by atoms with E-state index in [0.29, 0.717) is 0 Å². The highest BCUT2D eigenvalue weighted by molar-refractivity contribution is 5.89. The predicted molar refractivity (Wildman–Crippen MR) is 102 cm³/mol. The van der Waals surface area contributed by atoms with E-state index in [1.165, 1.54) is 16.7 Å². The number of fused-ring (bicyclic) bond motifs is 1. The summed E-state index contributed by atoms with van der Waals surface area (Å²) in [6, 6.07) is 14.8. The van der Waals surface area contributed by atoms with E-state index in [-0.39, 0.29) is 5.91 Å². The van der Waals surface area contributed by atoms with Crippen molar-refractivity contribution in [1.82, 2.24) is 14.5 Å². The summed E-state index contributed by atoms with van der Waals surface area (Å²) < 4.78 is 2.00. The van der Waals surface area contributed by atoms with Crippen LogP contribution in [0.1, 0.15) is 23.6 Å². The van der Waals surface area contributed by atoms with Crippen molar-refractivity contribution in [2.24, 2.45) is 0 Å². The summed E-state index contributed by atoms with van der Waals surface area (Å²) in [6.45, 7) is 4.38. The molecule has 2 aromatic carbocycles. The lowest BCUT2D eigenvalue weighted by atomic mass is 9.97. The van der Waals surface area contributed by atoms with Gasteiger partial charge in [0.25, 0.3) is 0 Å². The molecule has 3 aromatic rings. The standard InChI is InChI=1S/C21H22N4O/c1-16(26)23-21-4-2-3-18-14-24(11-9-20(18)21)13-17-5-7-19(8-6-17)25-12-10-22-15-25/h2-8,10,12,15H,9,11,13-14H2,1H3,(H,23,26). The Kier molecular flexibility index (Phi) is 4.54. The number of nitrogens with one attached hydrogen (secondary N) is 1. The Balaban J connectivity index is 1.45. The van der Waals surface area contributed by atoms with Gasteiger partial charge in [-0.2, -0.15) is 0 Å². The molecule has 0 unspecified atom stereocenters. The number of carbonyl (C=O) groups excluding carboxylic acids is 1. The molecule has 1 amide bonds. The fraction of sp³-hybridized carbons (Fsp3) is 0.238. The van der Waals surface area contributed by atoms with Crippen LogP contribution in [0, 0.1) is 0 Å². The number of aromatic nitrogens is 2. The molecule has 1 aromatic heterocycles. The van der Waals surface area contributed by atoms with Crippen LogP contribution in [0.25, 0.3) is 5.69 Å². The molecule has 0 saturated carbocycles. The Labute approximate surface area is 153 Å². The fourth-order valence-electron chi connectivity index (χ4n) is 3.55. The van der Waals surface area contributed by atoms with Gasteiger partial charge in [-0.25, -0.2) is 4.98 Å². The predicted octanol–water partition coefficient (Wildman–Crippen LogP) is 3.39. The summed E-state index contributed by atoms with van der Waals surface area (Å²) in [7, 11) is 0. The number of hydrogen-bond donors (Lipinski definition) is 1. The van der Waals surface area contributed by atoms with Crippen molar-refractivity contribution in [3.8, 4) is 5.69 Å². The molecule has 4 rings (SSSR count). The number of amides is 1. The third-order valence-corrected chi connectivity index (χ3v) is 4.80. The van der Waals surface area contributed by atoms with E-state index in [2.05, 4.69) is 45.5 Å². The van der Waals surface area contributed by atoms with Crippen LogP contribution in [0.2, 0.25) is 0 Å². The van der Waals surface area contributed by atoms with Gasteiger partial charge in [0.15, 0.2) is 0 Å². The summed E-state index contributed by atoms with van der Waals surface area (Å²) in [6.07, 6.45) is 6.50. The number of benzene rings is 2. The minimum Gasteiger partial charge on any atom is -0.326 e. The first kappa shape index (κ1) is 16.5. The second kappa shape index (κ2) is 7.14. The number of nitrogens with zero attached hydrogens (tertiary/aromatic N) is 3. The minimum absolute atomic E-state index is 0.0150. The Hall–Kier alpha value is -2.92. The number of anilines is 1. The Morgan fingerprint density at radius 2 is 2.04 bits per heavy atom. The molecule has 0 atom stereocenters. The van der Waals surface area contributed by atoms with Gasteiger partial charge in [0, 0.05) is 50.3 Å².